The van der Waals surface area contributed by atoms with Crippen LogP contribution in [-0.2, 0) is 26.1 Å². The third-order valence-electron chi connectivity index (χ3n) is 3.55. The molecule has 1 N–H and O–H groups in total. The second kappa shape index (κ2) is 5.55. The highest BCUT2D eigenvalue weighted by Gasteiger charge is 2.14. The fourth-order valence-electron chi connectivity index (χ4n) is 2.64. The summed E-state index contributed by atoms with van der Waals surface area (Å²) in [5.41, 5.74) is 4.16. The van der Waals surface area contributed by atoms with Crippen molar-refractivity contribution in [3.05, 3.63) is 53.2 Å². The van der Waals surface area contributed by atoms with E-state index in [9.17, 15) is 0 Å². The highest BCUT2D eigenvalue weighted by atomic mass is 16.3. The SMILES string of the molecule is CN(Cc1ccco1)Cc1cncc2c1CCNC2. The Morgan fingerprint density at radius 1 is 1.37 bits per heavy atom. The molecule has 0 radical (unpaired) electrons. The quantitative estimate of drug-likeness (QED) is 0.909. The summed E-state index contributed by atoms with van der Waals surface area (Å²) in [5.74, 6) is 1.00. The highest BCUT2D eigenvalue weighted by molar-refractivity contribution is 5.33. The van der Waals surface area contributed by atoms with Gasteiger partial charge < -0.3 is 9.73 Å². The average molecular weight is 257 g/mol. The van der Waals surface area contributed by atoms with Crippen molar-refractivity contribution < 1.29 is 4.42 Å². The van der Waals surface area contributed by atoms with Crippen molar-refractivity contribution >= 4 is 0 Å². The van der Waals surface area contributed by atoms with Gasteiger partial charge in [-0.3, -0.25) is 9.88 Å². The molecule has 1 aliphatic heterocycles. The minimum atomic E-state index is 0.828. The topological polar surface area (TPSA) is 41.3 Å². The first-order valence-electron chi connectivity index (χ1n) is 6.69. The zero-order valence-corrected chi connectivity index (χ0v) is 11.2. The number of fused-ring (bicyclic) bond motifs is 1. The lowest BCUT2D eigenvalue weighted by atomic mass is 9.98. The predicted octanol–water partition coefficient (Wildman–Crippen LogP) is 1.95. The monoisotopic (exact) mass is 257 g/mol. The Kier molecular flexibility index (Phi) is 3.62. The first-order chi connectivity index (χ1) is 9.33. The maximum absolute atomic E-state index is 5.39. The summed E-state index contributed by atoms with van der Waals surface area (Å²) in [6.07, 6.45) is 6.81. The maximum atomic E-state index is 5.39. The standard InChI is InChI=1S/C15H19N3O/c1-18(11-14-3-2-6-19-14)10-13-9-17-8-12-7-16-5-4-15(12)13/h2-3,6,8-9,16H,4-5,7,10-11H2,1H3. The lowest BCUT2D eigenvalue weighted by molar-refractivity contribution is 0.286. The fourth-order valence-corrected chi connectivity index (χ4v) is 2.64. The van der Waals surface area contributed by atoms with Gasteiger partial charge in [0.15, 0.2) is 0 Å². The lowest BCUT2D eigenvalue weighted by Crippen LogP contribution is -2.26. The molecule has 0 saturated heterocycles. The number of nitrogens with one attached hydrogen (secondary N) is 1. The van der Waals surface area contributed by atoms with Gasteiger partial charge in [-0.2, -0.15) is 0 Å². The molecule has 3 heterocycles. The van der Waals surface area contributed by atoms with E-state index in [2.05, 4.69) is 22.2 Å². The number of nitrogens with zero attached hydrogens (tertiary/aromatic N) is 2. The van der Waals surface area contributed by atoms with E-state index in [1.54, 1.807) is 6.26 Å². The zero-order valence-electron chi connectivity index (χ0n) is 11.2. The number of rotatable bonds is 4. The van der Waals surface area contributed by atoms with Gasteiger partial charge in [0.1, 0.15) is 5.76 Å². The second-order valence-electron chi connectivity index (χ2n) is 5.11. The number of pyridine rings is 1. The summed E-state index contributed by atoms with van der Waals surface area (Å²) in [5, 5.41) is 3.39. The van der Waals surface area contributed by atoms with Crippen LogP contribution in [0.1, 0.15) is 22.5 Å². The number of furan rings is 1. The first kappa shape index (κ1) is 12.4. The largest absolute Gasteiger partial charge is 0.468 e. The Bertz CT molecular complexity index is 536. The Labute approximate surface area is 113 Å². The number of hydrogen-bond donors (Lipinski definition) is 1. The molecule has 100 valence electrons. The molecule has 19 heavy (non-hydrogen) atoms. The van der Waals surface area contributed by atoms with E-state index in [0.717, 1.165) is 38.4 Å². The van der Waals surface area contributed by atoms with Gasteiger partial charge in [-0.05, 0) is 48.8 Å². The molecule has 0 saturated carbocycles. The molecule has 4 nitrogen and oxygen atoms in total. The first-order valence-corrected chi connectivity index (χ1v) is 6.69. The van der Waals surface area contributed by atoms with Gasteiger partial charge in [-0.15, -0.1) is 0 Å². The van der Waals surface area contributed by atoms with Crippen LogP contribution in [0.5, 0.6) is 0 Å². The van der Waals surface area contributed by atoms with Crippen LogP contribution in [0.3, 0.4) is 0 Å². The van der Waals surface area contributed by atoms with Crippen molar-refractivity contribution in [3.8, 4) is 0 Å². The molecular formula is C15H19N3O. The molecule has 0 aliphatic carbocycles. The normalized spacial score (nSPS) is 14.6. The van der Waals surface area contributed by atoms with Crippen molar-refractivity contribution in [1.29, 1.82) is 0 Å². The molecular weight excluding hydrogens is 238 g/mol. The third kappa shape index (κ3) is 2.85. The van der Waals surface area contributed by atoms with Gasteiger partial charge in [0.05, 0.1) is 12.8 Å². The smallest absolute Gasteiger partial charge is 0.117 e. The minimum Gasteiger partial charge on any atom is -0.468 e. The van der Waals surface area contributed by atoms with Crippen molar-refractivity contribution in [2.45, 2.75) is 26.1 Å². The van der Waals surface area contributed by atoms with Gasteiger partial charge in [-0.1, -0.05) is 0 Å². The molecule has 2 aromatic rings. The molecule has 3 rings (SSSR count). The Morgan fingerprint density at radius 2 is 2.32 bits per heavy atom. The Hall–Kier alpha value is -1.65. The van der Waals surface area contributed by atoms with E-state index in [4.69, 9.17) is 4.42 Å². The van der Waals surface area contributed by atoms with Crippen LogP contribution in [0.2, 0.25) is 0 Å². The van der Waals surface area contributed by atoms with E-state index in [1.807, 2.05) is 24.5 Å². The third-order valence-corrected chi connectivity index (χ3v) is 3.55. The van der Waals surface area contributed by atoms with Crippen LogP contribution in [0.25, 0.3) is 0 Å². The Morgan fingerprint density at radius 3 is 3.16 bits per heavy atom. The Balaban J connectivity index is 1.72. The highest BCUT2D eigenvalue weighted by Crippen LogP contribution is 2.19. The predicted molar refractivity (Wildman–Crippen MR) is 73.5 cm³/mol. The van der Waals surface area contributed by atoms with Crippen LogP contribution in [0, 0.1) is 0 Å². The van der Waals surface area contributed by atoms with E-state index in [1.165, 1.54) is 16.7 Å². The molecule has 2 aromatic heterocycles. The van der Waals surface area contributed by atoms with Crippen LogP contribution < -0.4 is 5.32 Å². The van der Waals surface area contributed by atoms with Crippen LogP contribution in [-0.4, -0.2) is 23.5 Å². The van der Waals surface area contributed by atoms with E-state index < -0.39 is 0 Å². The summed E-state index contributed by atoms with van der Waals surface area (Å²) in [6, 6.07) is 3.94. The van der Waals surface area contributed by atoms with Gasteiger partial charge in [0, 0.05) is 25.5 Å². The molecule has 1 aliphatic rings. The fraction of sp³-hybridized carbons (Fsp3) is 0.400. The number of aromatic nitrogens is 1. The summed E-state index contributed by atoms with van der Waals surface area (Å²) >= 11 is 0. The number of hydrogen-bond acceptors (Lipinski definition) is 4. The van der Waals surface area contributed by atoms with E-state index >= 15 is 0 Å². The van der Waals surface area contributed by atoms with Gasteiger partial charge in [-0.25, -0.2) is 0 Å². The molecule has 0 fully saturated rings. The maximum Gasteiger partial charge on any atom is 0.117 e. The summed E-state index contributed by atoms with van der Waals surface area (Å²) in [7, 11) is 2.11. The van der Waals surface area contributed by atoms with Crippen LogP contribution in [0.15, 0.2) is 35.2 Å². The molecule has 0 bridgehead atoms. The lowest BCUT2D eigenvalue weighted by Gasteiger charge is -2.22. The molecule has 4 heteroatoms. The minimum absolute atomic E-state index is 0.828. The van der Waals surface area contributed by atoms with E-state index in [-0.39, 0.29) is 0 Å². The van der Waals surface area contributed by atoms with Crippen molar-refractivity contribution in [1.82, 2.24) is 15.2 Å². The summed E-state index contributed by atoms with van der Waals surface area (Å²) in [6.45, 7) is 3.75. The molecule has 0 spiro atoms. The van der Waals surface area contributed by atoms with Gasteiger partial charge in [0.2, 0.25) is 0 Å². The van der Waals surface area contributed by atoms with Gasteiger partial charge >= 0.3 is 0 Å². The summed E-state index contributed by atoms with van der Waals surface area (Å²) < 4.78 is 5.39. The average Bonchev–Trinajstić information content (AvgIpc) is 2.92. The van der Waals surface area contributed by atoms with Crippen molar-refractivity contribution in [2.24, 2.45) is 0 Å². The molecule has 0 amide bonds. The zero-order chi connectivity index (χ0) is 13.1. The van der Waals surface area contributed by atoms with Crippen LogP contribution >= 0.6 is 0 Å². The van der Waals surface area contributed by atoms with E-state index in [0.29, 0.717) is 0 Å². The molecule has 0 atom stereocenters. The summed E-state index contributed by atoms with van der Waals surface area (Å²) in [4.78, 5) is 6.62. The second-order valence-corrected chi connectivity index (χ2v) is 5.11. The van der Waals surface area contributed by atoms with Crippen molar-refractivity contribution in [3.63, 3.8) is 0 Å². The molecule has 0 unspecified atom stereocenters. The van der Waals surface area contributed by atoms with Crippen molar-refractivity contribution in [2.75, 3.05) is 13.6 Å². The molecule has 0 aromatic carbocycles. The van der Waals surface area contributed by atoms with Crippen LogP contribution in [0.4, 0.5) is 0 Å². The van der Waals surface area contributed by atoms with Gasteiger partial charge in [0.25, 0.3) is 0 Å².